The van der Waals surface area contributed by atoms with Gasteiger partial charge in [0.05, 0.1) is 28.7 Å². The number of aryl methyl sites for hydroxylation is 1. The lowest BCUT2D eigenvalue weighted by molar-refractivity contribution is 0.196. The molecule has 0 radical (unpaired) electrons. The zero-order valence-corrected chi connectivity index (χ0v) is 20.9. The molecular formula is C24H32N2O4S2. The van der Waals surface area contributed by atoms with E-state index in [1.165, 1.54) is 7.11 Å². The Labute approximate surface area is 194 Å². The largest absolute Gasteiger partial charge is 0.483 e. The number of ether oxygens (including phenoxy) is 1. The zero-order chi connectivity index (χ0) is 23.5. The predicted octanol–water partition coefficient (Wildman–Crippen LogP) is 4.64. The molecule has 6 nitrogen and oxygen atoms in total. The van der Waals surface area contributed by atoms with E-state index in [1.54, 1.807) is 28.6 Å². The van der Waals surface area contributed by atoms with Crippen LogP contribution >= 0.6 is 0 Å². The maximum Gasteiger partial charge on any atom is 0.243 e. The van der Waals surface area contributed by atoms with Crippen LogP contribution in [0.25, 0.3) is 0 Å². The number of hydrogen-bond donors (Lipinski definition) is 0. The summed E-state index contributed by atoms with van der Waals surface area (Å²) in [6, 6.07) is 16.0. The Balaban J connectivity index is 2.11. The second-order valence-corrected chi connectivity index (χ2v) is 12.8. The molecule has 2 aromatic rings. The Morgan fingerprint density at radius 2 is 1.72 bits per heavy atom. The Morgan fingerprint density at radius 3 is 2.28 bits per heavy atom. The summed E-state index contributed by atoms with van der Waals surface area (Å²) in [5.74, 6) is -0.0152. The highest BCUT2D eigenvalue weighted by atomic mass is 32.2. The molecule has 0 N–H and O–H groups in total. The highest BCUT2D eigenvalue weighted by molar-refractivity contribution is 7.89. The summed E-state index contributed by atoms with van der Waals surface area (Å²) in [7, 11) is -3.77. The Hall–Kier alpha value is -2.03. The Morgan fingerprint density at radius 1 is 1.09 bits per heavy atom. The standard InChI is InChI=1S/C24H32N2O4S2/c1-18-13-15-20(16-14-18)32(28,29)26-17-9-12-21(22(26)19-10-7-6-8-11-19)23(30-5)25-31(27)24(2,3)4/h6-8,10-11,13-16,21-22H,9,12,17H2,1-5H3/b25-23-/t21-,22-,31?/m1/s1. The van der Waals surface area contributed by atoms with Gasteiger partial charge in [0.1, 0.15) is 11.0 Å². The van der Waals surface area contributed by atoms with E-state index in [4.69, 9.17) is 4.74 Å². The number of sulfonamides is 1. The maximum absolute atomic E-state index is 13.7. The smallest absolute Gasteiger partial charge is 0.243 e. The molecule has 1 fully saturated rings. The van der Waals surface area contributed by atoms with Gasteiger partial charge in [-0.05, 0) is 58.2 Å². The van der Waals surface area contributed by atoms with Gasteiger partial charge in [-0.25, -0.2) is 12.6 Å². The minimum Gasteiger partial charge on any atom is -0.483 e. The van der Waals surface area contributed by atoms with Gasteiger partial charge < -0.3 is 4.74 Å². The molecule has 1 aliphatic heterocycles. The first-order chi connectivity index (χ1) is 15.1. The molecule has 32 heavy (non-hydrogen) atoms. The van der Waals surface area contributed by atoms with Crippen molar-refractivity contribution in [2.45, 2.75) is 56.2 Å². The summed E-state index contributed by atoms with van der Waals surface area (Å²) < 4.78 is 51.2. The third-order valence-corrected chi connectivity index (χ3v) is 8.87. The lowest BCUT2D eigenvalue weighted by Crippen LogP contribution is -2.45. The van der Waals surface area contributed by atoms with Gasteiger partial charge in [0.2, 0.25) is 15.9 Å². The van der Waals surface area contributed by atoms with Crippen molar-refractivity contribution in [1.82, 2.24) is 4.31 Å². The fourth-order valence-electron chi connectivity index (χ4n) is 3.86. The van der Waals surface area contributed by atoms with Crippen molar-refractivity contribution in [3.05, 3.63) is 65.7 Å². The van der Waals surface area contributed by atoms with Crippen LogP contribution in [0, 0.1) is 12.8 Å². The summed E-state index contributed by atoms with van der Waals surface area (Å²) in [6.07, 6.45) is 1.34. The molecule has 0 saturated carbocycles. The van der Waals surface area contributed by atoms with Crippen LogP contribution in [0.15, 0.2) is 63.9 Å². The topological polar surface area (TPSA) is 76.0 Å². The van der Waals surface area contributed by atoms with E-state index in [0.29, 0.717) is 25.3 Å². The van der Waals surface area contributed by atoms with Crippen molar-refractivity contribution in [3.63, 3.8) is 0 Å². The molecule has 3 rings (SSSR count). The SMILES string of the molecule is CO/C(=N\S(=O)C(C)(C)C)[C@@H]1CCCN(S(=O)(=O)c2ccc(C)cc2)[C@@H]1c1ccccc1. The van der Waals surface area contributed by atoms with Gasteiger partial charge in [-0.15, -0.1) is 0 Å². The fraction of sp³-hybridized carbons (Fsp3) is 0.458. The van der Waals surface area contributed by atoms with Crippen LogP contribution in [0.2, 0.25) is 0 Å². The molecular weight excluding hydrogens is 444 g/mol. The minimum atomic E-state index is -3.76. The molecule has 174 valence electrons. The lowest BCUT2D eigenvalue weighted by atomic mass is 9.86. The molecule has 3 atom stereocenters. The van der Waals surface area contributed by atoms with E-state index in [0.717, 1.165) is 11.1 Å². The first-order valence-electron chi connectivity index (χ1n) is 10.7. The van der Waals surface area contributed by atoms with Crippen molar-refractivity contribution < 1.29 is 17.4 Å². The summed E-state index contributed by atoms with van der Waals surface area (Å²) in [4.78, 5) is 0.263. The van der Waals surface area contributed by atoms with Crippen LogP contribution in [-0.4, -0.2) is 41.2 Å². The number of piperidine rings is 1. The molecule has 0 aliphatic carbocycles. The molecule has 0 amide bonds. The number of rotatable bonds is 5. The second-order valence-electron chi connectivity index (χ2n) is 9.03. The fourth-order valence-corrected chi connectivity index (χ4v) is 6.20. The van der Waals surface area contributed by atoms with E-state index >= 15 is 0 Å². The van der Waals surface area contributed by atoms with E-state index in [2.05, 4.69) is 4.40 Å². The van der Waals surface area contributed by atoms with Crippen LogP contribution < -0.4 is 0 Å². The minimum absolute atomic E-state index is 0.263. The van der Waals surface area contributed by atoms with Gasteiger partial charge in [0, 0.05) is 6.54 Å². The average molecular weight is 477 g/mol. The predicted molar refractivity (Wildman–Crippen MR) is 129 cm³/mol. The number of benzene rings is 2. The van der Waals surface area contributed by atoms with Gasteiger partial charge in [0.15, 0.2) is 0 Å². The summed E-state index contributed by atoms with van der Waals surface area (Å²) in [5.41, 5.74) is 1.86. The van der Waals surface area contributed by atoms with Crippen LogP contribution in [0.5, 0.6) is 0 Å². The molecule has 1 unspecified atom stereocenters. The Bertz CT molecular complexity index is 1080. The first kappa shape index (κ1) is 24.6. The van der Waals surface area contributed by atoms with Crippen molar-refractivity contribution in [2.24, 2.45) is 10.3 Å². The quantitative estimate of drug-likeness (QED) is 0.465. The van der Waals surface area contributed by atoms with Gasteiger partial charge in [0.25, 0.3) is 0 Å². The van der Waals surface area contributed by atoms with Gasteiger partial charge in [-0.2, -0.15) is 8.70 Å². The third kappa shape index (κ3) is 5.30. The van der Waals surface area contributed by atoms with Crippen molar-refractivity contribution in [2.75, 3.05) is 13.7 Å². The molecule has 0 aromatic heterocycles. The van der Waals surface area contributed by atoms with Gasteiger partial charge >= 0.3 is 0 Å². The highest BCUT2D eigenvalue weighted by Gasteiger charge is 2.43. The summed E-state index contributed by atoms with van der Waals surface area (Å²) in [6.45, 7) is 7.87. The normalized spacial score (nSPS) is 21.8. The Kier molecular flexibility index (Phi) is 7.57. The van der Waals surface area contributed by atoms with Crippen LogP contribution in [0.4, 0.5) is 0 Å². The van der Waals surface area contributed by atoms with Gasteiger partial charge in [-0.3, -0.25) is 0 Å². The molecule has 2 aromatic carbocycles. The second kappa shape index (κ2) is 9.85. The van der Waals surface area contributed by atoms with Crippen LogP contribution in [0.3, 0.4) is 0 Å². The van der Waals surface area contributed by atoms with E-state index in [1.807, 2.05) is 58.0 Å². The number of nitrogens with zero attached hydrogens (tertiary/aromatic N) is 2. The monoisotopic (exact) mass is 476 g/mol. The number of hydrogen-bond acceptors (Lipinski definition) is 4. The van der Waals surface area contributed by atoms with Crippen LogP contribution in [0.1, 0.15) is 50.8 Å². The molecule has 1 saturated heterocycles. The molecule has 0 bridgehead atoms. The zero-order valence-electron chi connectivity index (χ0n) is 19.3. The van der Waals surface area contributed by atoms with E-state index in [-0.39, 0.29) is 10.8 Å². The first-order valence-corrected chi connectivity index (χ1v) is 13.3. The van der Waals surface area contributed by atoms with Crippen molar-refractivity contribution in [3.8, 4) is 0 Å². The summed E-state index contributed by atoms with van der Waals surface area (Å²) >= 11 is 0. The van der Waals surface area contributed by atoms with Crippen LogP contribution in [-0.2, 0) is 25.7 Å². The number of methoxy groups -OCH3 is 1. The van der Waals surface area contributed by atoms with E-state index < -0.39 is 31.8 Å². The molecule has 1 heterocycles. The molecule has 8 heteroatoms. The summed E-state index contributed by atoms with van der Waals surface area (Å²) in [5, 5.41) is 0. The molecule has 1 aliphatic rings. The highest BCUT2D eigenvalue weighted by Crippen LogP contribution is 2.40. The molecule has 0 spiro atoms. The third-order valence-electron chi connectivity index (χ3n) is 5.58. The van der Waals surface area contributed by atoms with E-state index in [9.17, 15) is 12.6 Å². The lowest BCUT2D eigenvalue weighted by Gasteiger charge is -2.40. The van der Waals surface area contributed by atoms with Crippen molar-refractivity contribution in [1.29, 1.82) is 0 Å². The van der Waals surface area contributed by atoms with Crippen molar-refractivity contribution >= 4 is 26.9 Å². The maximum atomic E-state index is 13.7. The average Bonchev–Trinajstić information content (AvgIpc) is 2.77. The van der Waals surface area contributed by atoms with Gasteiger partial charge in [-0.1, -0.05) is 48.0 Å².